The summed E-state index contributed by atoms with van der Waals surface area (Å²) >= 11 is 0. The molecule has 0 saturated heterocycles. The maximum Gasteiger partial charge on any atom is 0.151 e. The van der Waals surface area contributed by atoms with E-state index in [9.17, 15) is 0 Å². The molecule has 0 amide bonds. The average Bonchev–Trinajstić information content (AvgIpc) is 3.03. The number of hydrogen-bond donors (Lipinski definition) is 0. The number of aryl methyl sites for hydroxylation is 1. The Balaban J connectivity index is 1.79. The third kappa shape index (κ3) is 3.19. The molecule has 0 aliphatic rings. The van der Waals surface area contributed by atoms with Crippen LogP contribution in [0, 0.1) is 0 Å². The van der Waals surface area contributed by atoms with Gasteiger partial charge in [-0.15, -0.1) is 0 Å². The molecule has 0 saturated carbocycles. The first-order valence-electron chi connectivity index (χ1n) is 7.43. The van der Waals surface area contributed by atoms with E-state index in [4.69, 9.17) is 0 Å². The molecule has 2 aromatic carbocycles. The van der Waals surface area contributed by atoms with E-state index >= 15 is 0 Å². The summed E-state index contributed by atoms with van der Waals surface area (Å²) in [5, 5.41) is 4.53. The van der Waals surface area contributed by atoms with Crippen molar-refractivity contribution < 1.29 is 0 Å². The quantitative estimate of drug-likeness (QED) is 0.697. The van der Waals surface area contributed by atoms with Crippen LogP contribution in [0.15, 0.2) is 60.9 Å². The molecule has 0 bridgehead atoms. The van der Waals surface area contributed by atoms with Gasteiger partial charge in [0.2, 0.25) is 0 Å². The van der Waals surface area contributed by atoms with E-state index in [1.807, 2.05) is 10.7 Å². The molecule has 21 heavy (non-hydrogen) atoms. The lowest BCUT2D eigenvalue weighted by Crippen LogP contribution is -1.96. The lowest BCUT2D eigenvalue weighted by molar-refractivity contribution is 0.742. The van der Waals surface area contributed by atoms with E-state index in [0.717, 1.165) is 24.4 Å². The van der Waals surface area contributed by atoms with Crippen molar-refractivity contribution in [2.24, 2.45) is 0 Å². The topological polar surface area (TPSA) is 30.7 Å². The molecule has 1 aromatic heterocycles. The van der Waals surface area contributed by atoms with Crippen LogP contribution >= 0.6 is 0 Å². The number of aromatic nitrogens is 3. The number of rotatable bonds is 5. The largest absolute Gasteiger partial charge is 0.221 e. The molecule has 3 heteroatoms. The Morgan fingerprint density at radius 1 is 0.905 bits per heavy atom. The zero-order chi connectivity index (χ0) is 14.5. The highest BCUT2D eigenvalue weighted by Crippen LogP contribution is 2.20. The molecular formula is C18H19N3. The van der Waals surface area contributed by atoms with Gasteiger partial charge in [0.15, 0.2) is 5.82 Å². The Morgan fingerprint density at radius 3 is 2.33 bits per heavy atom. The SMILES string of the molecule is CCCCc1ncn(-c2ccc(-c3ccccc3)cc2)n1. The van der Waals surface area contributed by atoms with Crippen molar-refractivity contribution in [1.29, 1.82) is 0 Å². The summed E-state index contributed by atoms with van der Waals surface area (Å²) in [5.74, 6) is 0.920. The third-order valence-corrected chi connectivity index (χ3v) is 3.53. The molecule has 3 nitrogen and oxygen atoms in total. The standard InChI is InChI=1S/C18H19N3/c1-2-3-9-18-19-14-21(20-18)17-12-10-16(11-13-17)15-7-5-4-6-8-15/h4-8,10-14H,2-3,9H2,1H3. The molecule has 106 valence electrons. The van der Waals surface area contributed by atoms with E-state index < -0.39 is 0 Å². The molecule has 3 rings (SSSR count). The van der Waals surface area contributed by atoms with Crippen molar-refractivity contribution in [2.75, 3.05) is 0 Å². The molecule has 0 N–H and O–H groups in total. The summed E-state index contributed by atoms with van der Waals surface area (Å²) < 4.78 is 1.85. The van der Waals surface area contributed by atoms with Crippen LogP contribution in [-0.4, -0.2) is 14.8 Å². The summed E-state index contributed by atoms with van der Waals surface area (Å²) in [4.78, 5) is 4.36. The van der Waals surface area contributed by atoms with E-state index in [0.29, 0.717) is 0 Å². The minimum atomic E-state index is 0.920. The highest BCUT2D eigenvalue weighted by atomic mass is 15.3. The fourth-order valence-electron chi connectivity index (χ4n) is 2.31. The molecule has 0 spiro atoms. The Bertz CT molecular complexity index is 684. The summed E-state index contributed by atoms with van der Waals surface area (Å²) in [5.41, 5.74) is 3.49. The first kappa shape index (κ1) is 13.6. The van der Waals surface area contributed by atoms with Gasteiger partial charge in [-0.05, 0) is 29.7 Å². The van der Waals surface area contributed by atoms with Gasteiger partial charge in [0, 0.05) is 6.42 Å². The van der Waals surface area contributed by atoms with E-state index in [1.54, 1.807) is 6.33 Å². The number of hydrogen-bond acceptors (Lipinski definition) is 2. The summed E-state index contributed by atoms with van der Waals surface area (Å²) in [6.07, 6.45) is 5.05. The van der Waals surface area contributed by atoms with Gasteiger partial charge in [-0.1, -0.05) is 55.8 Å². The predicted molar refractivity (Wildman–Crippen MR) is 85.4 cm³/mol. The molecular weight excluding hydrogens is 258 g/mol. The molecule has 0 radical (unpaired) electrons. The minimum absolute atomic E-state index is 0.920. The number of nitrogens with zero attached hydrogens (tertiary/aromatic N) is 3. The maximum atomic E-state index is 4.53. The Kier molecular flexibility index (Phi) is 4.10. The molecule has 0 atom stereocenters. The van der Waals surface area contributed by atoms with Crippen molar-refractivity contribution in [3.63, 3.8) is 0 Å². The zero-order valence-corrected chi connectivity index (χ0v) is 12.2. The lowest BCUT2D eigenvalue weighted by atomic mass is 10.1. The molecule has 0 unspecified atom stereocenters. The monoisotopic (exact) mass is 277 g/mol. The average molecular weight is 277 g/mol. The van der Waals surface area contributed by atoms with E-state index in [1.165, 1.54) is 17.5 Å². The molecule has 3 aromatic rings. The third-order valence-electron chi connectivity index (χ3n) is 3.53. The fraction of sp³-hybridized carbons (Fsp3) is 0.222. The van der Waals surface area contributed by atoms with Gasteiger partial charge in [-0.25, -0.2) is 9.67 Å². The van der Waals surface area contributed by atoms with Crippen molar-refractivity contribution in [1.82, 2.24) is 14.8 Å². The van der Waals surface area contributed by atoms with Crippen LogP contribution in [0.25, 0.3) is 16.8 Å². The van der Waals surface area contributed by atoms with Crippen LogP contribution in [0.5, 0.6) is 0 Å². The van der Waals surface area contributed by atoms with Gasteiger partial charge >= 0.3 is 0 Å². The first-order chi connectivity index (χ1) is 10.4. The van der Waals surface area contributed by atoms with Crippen molar-refractivity contribution in [3.05, 3.63) is 66.7 Å². The highest BCUT2D eigenvalue weighted by molar-refractivity contribution is 5.64. The van der Waals surface area contributed by atoms with Crippen LogP contribution in [0.1, 0.15) is 25.6 Å². The summed E-state index contributed by atoms with van der Waals surface area (Å²) in [6, 6.07) is 18.8. The molecule has 0 aliphatic carbocycles. The second-order valence-corrected chi connectivity index (χ2v) is 5.12. The second-order valence-electron chi connectivity index (χ2n) is 5.12. The van der Waals surface area contributed by atoms with Crippen molar-refractivity contribution >= 4 is 0 Å². The summed E-state index contributed by atoms with van der Waals surface area (Å²) in [7, 11) is 0. The van der Waals surface area contributed by atoms with E-state index in [2.05, 4.69) is 65.5 Å². The van der Waals surface area contributed by atoms with Gasteiger partial charge in [0.25, 0.3) is 0 Å². The fourth-order valence-corrected chi connectivity index (χ4v) is 2.31. The van der Waals surface area contributed by atoms with Crippen LogP contribution < -0.4 is 0 Å². The van der Waals surface area contributed by atoms with Crippen LogP contribution in [-0.2, 0) is 6.42 Å². The van der Waals surface area contributed by atoms with Gasteiger partial charge in [-0.3, -0.25) is 0 Å². The molecule has 1 heterocycles. The number of benzene rings is 2. The summed E-state index contributed by atoms with van der Waals surface area (Å²) in [6.45, 7) is 2.18. The minimum Gasteiger partial charge on any atom is -0.221 e. The number of unbranched alkanes of at least 4 members (excludes halogenated alkanes) is 1. The van der Waals surface area contributed by atoms with Gasteiger partial charge in [0.05, 0.1) is 5.69 Å². The Labute approximate surface area is 125 Å². The zero-order valence-electron chi connectivity index (χ0n) is 12.2. The van der Waals surface area contributed by atoms with Gasteiger partial charge in [0.1, 0.15) is 6.33 Å². The Morgan fingerprint density at radius 2 is 1.62 bits per heavy atom. The first-order valence-corrected chi connectivity index (χ1v) is 7.43. The second kappa shape index (κ2) is 6.35. The van der Waals surface area contributed by atoms with Crippen LogP contribution in [0.4, 0.5) is 0 Å². The van der Waals surface area contributed by atoms with Gasteiger partial charge < -0.3 is 0 Å². The van der Waals surface area contributed by atoms with Crippen molar-refractivity contribution in [3.8, 4) is 16.8 Å². The van der Waals surface area contributed by atoms with Crippen LogP contribution in [0.2, 0.25) is 0 Å². The predicted octanol–water partition coefficient (Wildman–Crippen LogP) is 4.28. The van der Waals surface area contributed by atoms with E-state index in [-0.39, 0.29) is 0 Å². The van der Waals surface area contributed by atoms with Gasteiger partial charge in [-0.2, -0.15) is 5.10 Å². The van der Waals surface area contributed by atoms with Crippen molar-refractivity contribution in [2.45, 2.75) is 26.2 Å². The normalized spacial score (nSPS) is 10.7. The maximum absolute atomic E-state index is 4.53. The molecule has 0 fully saturated rings. The lowest BCUT2D eigenvalue weighted by Gasteiger charge is -2.04. The Hall–Kier alpha value is -2.42. The molecule has 0 aliphatic heterocycles. The van der Waals surface area contributed by atoms with Crippen LogP contribution in [0.3, 0.4) is 0 Å². The smallest absolute Gasteiger partial charge is 0.151 e. The highest BCUT2D eigenvalue weighted by Gasteiger charge is 2.03.